The molecule has 2 heterocycles. The number of carbonyl (C=O) groups is 1. The van der Waals surface area contributed by atoms with E-state index >= 15 is 0 Å². The average molecular weight is 459 g/mol. The first-order chi connectivity index (χ1) is 15.1. The van der Waals surface area contributed by atoms with Crippen molar-refractivity contribution in [3.63, 3.8) is 0 Å². The van der Waals surface area contributed by atoms with Crippen molar-refractivity contribution in [1.29, 1.82) is 0 Å². The summed E-state index contributed by atoms with van der Waals surface area (Å²) in [6.07, 6.45) is 2.45. The Morgan fingerprint density at radius 2 is 2.03 bits per heavy atom. The number of nitrogens with zero attached hydrogens (tertiary/aromatic N) is 2. The van der Waals surface area contributed by atoms with Gasteiger partial charge in [-0.05, 0) is 51.0 Å². The van der Waals surface area contributed by atoms with Gasteiger partial charge in [0.25, 0.3) is 0 Å². The SMILES string of the molecule is CN1c2c(cccc2C2=CCN(C(=O)OC(C)(C)C)CC2)OCC1c1ccc(Cl)cc1F. The molecule has 0 saturated heterocycles. The van der Waals surface area contributed by atoms with Crippen molar-refractivity contribution in [2.75, 3.05) is 31.6 Å². The minimum absolute atomic E-state index is 0.275. The molecule has 1 unspecified atom stereocenters. The molecule has 2 aromatic carbocycles. The van der Waals surface area contributed by atoms with Crippen LogP contribution < -0.4 is 9.64 Å². The Labute approximate surface area is 193 Å². The molecule has 1 atom stereocenters. The smallest absolute Gasteiger partial charge is 0.410 e. The zero-order chi connectivity index (χ0) is 23.0. The molecule has 0 radical (unpaired) electrons. The number of halogens is 2. The van der Waals surface area contributed by atoms with Crippen LogP contribution in [0.5, 0.6) is 5.75 Å². The Hall–Kier alpha value is -2.73. The molecular formula is C25H28ClFN2O3. The molecule has 0 N–H and O–H groups in total. The molecule has 5 nitrogen and oxygen atoms in total. The summed E-state index contributed by atoms with van der Waals surface area (Å²) in [4.78, 5) is 16.2. The van der Waals surface area contributed by atoms with Gasteiger partial charge in [0.15, 0.2) is 0 Å². The van der Waals surface area contributed by atoms with E-state index in [4.69, 9.17) is 21.1 Å². The molecule has 0 aromatic heterocycles. The van der Waals surface area contributed by atoms with E-state index in [1.165, 1.54) is 6.07 Å². The highest BCUT2D eigenvalue weighted by Crippen LogP contribution is 2.44. The average Bonchev–Trinajstić information content (AvgIpc) is 2.73. The van der Waals surface area contributed by atoms with Gasteiger partial charge in [-0.3, -0.25) is 0 Å². The van der Waals surface area contributed by atoms with Crippen molar-refractivity contribution < 1.29 is 18.7 Å². The number of likely N-dealkylation sites (N-methyl/N-ethyl adjacent to an activating group) is 1. The minimum Gasteiger partial charge on any atom is -0.489 e. The number of anilines is 1. The predicted molar refractivity (Wildman–Crippen MR) is 125 cm³/mol. The van der Waals surface area contributed by atoms with Crippen molar-refractivity contribution in [3.8, 4) is 5.75 Å². The van der Waals surface area contributed by atoms with Gasteiger partial charge in [0.2, 0.25) is 0 Å². The summed E-state index contributed by atoms with van der Waals surface area (Å²) in [5, 5.41) is 0.369. The number of hydrogen-bond acceptors (Lipinski definition) is 4. The van der Waals surface area contributed by atoms with Crippen LogP contribution in [0.4, 0.5) is 14.9 Å². The molecule has 0 bridgehead atoms. The Bertz CT molecular complexity index is 1060. The Morgan fingerprint density at radius 1 is 1.25 bits per heavy atom. The van der Waals surface area contributed by atoms with Crippen LogP contribution >= 0.6 is 11.6 Å². The summed E-state index contributed by atoms with van der Waals surface area (Å²) in [6, 6.07) is 10.4. The number of hydrogen-bond donors (Lipinski definition) is 0. The van der Waals surface area contributed by atoms with Crippen LogP contribution in [0, 0.1) is 5.82 Å². The number of rotatable bonds is 2. The molecule has 170 valence electrons. The number of benzene rings is 2. The van der Waals surface area contributed by atoms with Gasteiger partial charge in [-0.25, -0.2) is 9.18 Å². The molecule has 2 aliphatic rings. The second-order valence-corrected chi connectivity index (χ2v) is 9.60. The van der Waals surface area contributed by atoms with Gasteiger partial charge in [-0.1, -0.05) is 35.9 Å². The molecule has 0 spiro atoms. The molecule has 0 fully saturated rings. The molecule has 32 heavy (non-hydrogen) atoms. The zero-order valence-electron chi connectivity index (χ0n) is 18.8. The first kappa shape index (κ1) is 22.5. The van der Waals surface area contributed by atoms with E-state index in [-0.39, 0.29) is 18.0 Å². The number of ether oxygens (including phenoxy) is 2. The molecule has 1 amide bonds. The van der Waals surface area contributed by atoms with E-state index in [0.29, 0.717) is 36.7 Å². The molecular weight excluding hydrogens is 431 g/mol. The van der Waals surface area contributed by atoms with Crippen molar-refractivity contribution in [3.05, 3.63) is 64.4 Å². The second-order valence-electron chi connectivity index (χ2n) is 9.16. The summed E-state index contributed by atoms with van der Waals surface area (Å²) in [5.74, 6) is 0.426. The number of fused-ring (bicyclic) bond motifs is 1. The quantitative estimate of drug-likeness (QED) is 0.547. The van der Waals surface area contributed by atoms with Crippen molar-refractivity contribution in [2.45, 2.75) is 38.8 Å². The molecule has 7 heteroatoms. The molecule has 0 saturated carbocycles. The summed E-state index contributed by atoms with van der Waals surface area (Å²) in [6.45, 7) is 6.99. The minimum atomic E-state index is -0.522. The van der Waals surface area contributed by atoms with Gasteiger partial charge in [0.05, 0.1) is 11.7 Å². The number of amides is 1. The lowest BCUT2D eigenvalue weighted by molar-refractivity contribution is 0.0270. The van der Waals surface area contributed by atoms with E-state index in [0.717, 1.165) is 22.6 Å². The number of para-hydroxylation sites is 1. The lowest BCUT2D eigenvalue weighted by Crippen LogP contribution is -2.39. The topological polar surface area (TPSA) is 42.0 Å². The van der Waals surface area contributed by atoms with Gasteiger partial charge in [0.1, 0.15) is 23.8 Å². The van der Waals surface area contributed by atoms with Gasteiger partial charge < -0.3 is 19.3 Å². The lowest BCUT2D eigenvalue weighted by Gasteiger charge is -2.38. The van der Waals surface area contributed by atoms with E-state index in [9.17, 15) is 9.18 Å². The third-order valence-electron chi connectivity index (χ3n) is 5.74. The van der Waals surface area contributed by atoms with Crippen LogP contribution in [0.15, 0.2) is 42.5 Å². The largest absolute Gasteiger partial charge is 0.489 e. The Balaban J connectivity index is 1.60. The van der Waals surface area contributed by atoms with Crippen LogP contribution in [0.1, 0.15) is 44.4 Å². The van der Waals surface area contributed by atoms with Crippen LogP contribution in [-0.2, 0) is 4.74 Å². The Kier molecular flexibility index (Phi) is 6.08. The first-order valence-corrected chi connectivity index (χ1v) is 11.1. The van der Waals surface area contributed by atoms with Gasteiger partial charge in [-0.15, -0.1) is 0 Å². The molecule has 2 aromatic rings. The van der Waals surface area contributed by atoms with Crippen LogP contribution in [0.25, 0.3) is 5.57 Å². The summed E-state index contributed by atoms with van der Waals surface area (Å²) >= 11 is 5.94. The zero-order valence-corrected chi connectivity index (χ0v) is 19.6. The van der Waals surface area contributed by atoms with E-state index in [2.05, 4.69) is 11.0 Å². The normalized spacial score (nSPS) is 18.6. The van der Waals surface area contributed by atoms with Crippen LogP contribution in [-0.4, -0.2) is 43.3 Å². The third-order valence-corrected chi connectivity index (χ3v) is 5.98. The third kappa shape index (κ3) is 4.56. The van der Waals surface area contributed by atoms with Crippen molar-refractivity contribution in [1.82, 2.24) is 4.90 Å². The van der Waals surface area contributed by atoms with E-state index < -0.39 is 5.60 Å². The van der Waals surface area contributed by atoms with E-state index in [1.54, 1.807) is 17.0 Å². The first-order valence-electron chi connectivity index (χ1n) is 10.7. The maximum atomic E-state index is 14.6. The summed E-state index contributed by atoms with van der Waals surface area (Å²) in [5.41, 5.74) is 3.12. The highest BCUT2D eigenvalue weighted by Gasteiger charge is 2.32. The highest BCUT2D eigenvalue weighted by atomic mass is 35.5. The standard InChI is InChI=1S/C25H28ClFN2O3/c1-25(2,3)32-24(30)29-12-10-16(11-13-29)18-6-5-7-22-23(18)28(4)21(15-31-22)19-9-8-17(26)14-20(19)27/h5-10,14,21H,11-13,15H2,1-4H3. The van der Waals surface area contributed by atoms with E-state index in [1.807, 2.05) is 46.0 Å². The monoisotopic (exact) mass is 458 g/mol. The van der Waals surface area contributed by atoms with Crippen LogP contribution in [0.3, 0.4) is 0 Å². The lowest BCUT2D eigenvalue weighted by atomic mass is 9.94. The predicted octanol–water partition coefficient (Wildman–Crippen LogP) is 6.07. The van der Waals surface area contributed by atoms with Gasteiger partial charge in [-0.2, -0.15) is 0 Å². The summed E-state index contributed by atoms with van der Waals surface area (Å²) in [7, 11) is 1.96. The molecule has 2 aliphatic heterocycles. The second kappa shape index (κ2) is 8.66. The van der Waals surface area contributed by atoms with Crippen molar-refractivity contribution >= 4 is 29.0 Å². The molecule has 4 rings (SSSR count). The highest BCUT2D eigenvalue weighted by molar-refractivity contribution is 6.30. The van der Waals surface area contributed by atoms with Crippen LogP contribution in [0.2, 0.25) is 5.02 Å². The fraction of sp³-hybridized carbons (Fsp3) is 0.400. The maximum absolute atomic E-state index is 14.6. The Morgan fingerprint density at radius 3 is 2.69 bits per heavy atom. The number of carbonyl (C=O) groups excluding carboxylic acids is 1. The van der Waals surface area contributed by atoms with Gasteiger partial charge >= 0.3 is 6.09 Å². The summed E-state index contributed by atoms with van der Waals surface area (Å²) < 4.78 is 26.2. The fourth-order valence-electron chi connectivity index (χ4n) is 4.17. The van der Waals surface area contributed by atoms with Crippen molar-refractivity contribution in [2.24, 2.45) is 0 Å². The fourth-order valence-corrected chi connectivity index (χ4v) is 4.33. The maximum Gasteiger partial charge on any atom is 0.410 e. The molecule has 0 aliphatic carbocycles. The van der Waals surface area contributed by atoms with Gasteiger partial charge in [0, 0.05) is 36.3 Å².